The summed E-state index contributed by atoms with van der Waals surface area (Å²) in [4.78, 5) is 48.3. The van der Waals surface area contributed by atoms with E-state index in [1.54, 1.807) is 55.6 Å². The molecule has 0 fully saturated rings. The first-order chi connectivity index (χ1) is 32.9. The summed E-state index contributed by atoms with van der Waals surface area (Å²) in [6.45, 7) is -1.57. The van der Waals surface area contributed by atoms with Crippen molar-refractivity contribution in [3.8, 4) is 0 Å². The standard InChI is InChI=1S/C51H53N5O12/c1-64-28-29-66-48(59)54-44-20-8-37(9-21-44)30-35-2-14-41(15-3-35)52-42-16-4-36(5-17-42)31-39-10-22-45(23-11-39)55-49(60)67-33-51(62,63)34-68-50(61)56-46-24-12-40(13-25-46)32-38-6-18-43(19-7-38)53-47(58)65-27-26-57/h2-25,52,57,62-63H,26-34H2,1H3,(H,53,58)(H,54,59)(H,55,60)(H,56,61). The lowest BCUT2D eigenvalue weighted by Gasteiger charge is -2.21. The van der Waals surface area contributed by atoms with Gasteiger partial charge in [-0.1, -0.05) is 72.8 Å². The molecule has 17 heteroatoms. The summed E-state index contributed by atoms with van der Waals surface area (Å²) in [5.41, 5.74) is 10.1. The third-order valence-corrected chi connectivity index (χ3v) is 9.94. The summed E-state index contributed by atoms with van der Waals surface area (Å²) in [5, 5.41) is 43.0. The molecule has 0 aliphatic heterocycles. The Hall–Kier alpha value is -7.96. The predicted octanol–water partition coefficient (Wildman–Crippen LogP) is 8.42. The molecule has 4 amide bonds. The smallest absolute Gasteiger partial charge is 0.411 e. The fraction of sp³-hybridized carbons (Fsp3) is 0.216. The molecule has 0 saturated carbocycles. The van der Waals surface area contributed by atoms with Crippen LogP contribution in [0, 0.1) is 0 Å². The van der Waals surface area contributed by atoms with Crippen LogP contribution in [0.1, 0.15) is 33.4 Å². The molecule has 6 aromatic carbocycles. The Morgan fingerprint density at radius 1 is 0.397 bits per heavy atom. The topological polar surface area (TPSA) is 235 Å². The highest BCUT2D eigenvalue weighted by Gasteiger charge is 2.28. The number of hydrogen-bond acceptors (Lipinski definition) is 13. The van der Waals surface area contributed by atoms with Crippen LogP contribution in [0.5, 0.6) is 0 Å². The highest BCUT2D eigenvalue weighted by molar-refractivity contribution is 5.86. The second-order valence-corrected chi connectivity index (χ2v) is 15.5. The number of aliphatic hydroxyl groups is 3. The van der Waals surface area contributed by atoms with Gasteiger partial charge >= 0.3 is 24.4 Å². The molecule has 0 aliphatic rings. The number of methoxy groups -OCH3 is 1. The summed E-state index contributed by atoms with van der Waals surface area (Å²) in [6, 6.07) is 45.1. The van der Waals surface area contributed by atoms with E-state index in [1.807, 2.05) is 84.9 Å². The van der Waals surface area contributed by atoms with Crippen LogP contribution >= 0.6 is 0 Å². The SMILES string of the molecule is COCCOC(=O)Nc1ccc(Cc2ccc(Nc3ccc(Cc4ccc(NC(=O)OCC(O)(O)COC(=O)Nc5ccc(Cc6ccc(NC(=O)OCCO)cc6)cc5)cc4)cc3)cc2)cc1. The molecule has 6 aromatic rings. The van der Waals surface area contributed by atoms with Gasteiger partial charge < -0.3 is 44.3 Å². The fourth-order valence-corrected chi connectivity index (χ4v) is 6.49. The van der Waals surface area contributed by atoms with Crippen molar-refractivity contribution in [1.29, 1.82) is 0 Å². The van der Waals surface area contributed by atoms with Gasteiger partial charge in [0.05, 0.1) is 13.2 Å². The van der Waals surface area contributed by atoms with E-state index in [4.69, 9.17) is 28.8 Å². The molecule has 0 unspecified atom stereocenters. The molecule has 0 aliphatic carbocycles. The Morgan fingerprint density at radius 2 is 0.662 bits per heavy atom. The predicted molar refractivity (Wildman–Crippen MR) is 256 cm³/mol. The molecule has 0 radical (unpaired) electrons. The monoisotopic (exact) mass is 927 g/mol. The zero-order valence-corrected chi connectivity index (χ0v) is 37.2. The molecule has 68 heavy (non-hydrogen) atoms. The maximum Gasteiger partial charge on any atom is 0.411 e. The van der Waals surface area contributed by atoms with Crippen molar-refractivity contribution >= 4 is 58.5 Å². The molecule has 8 N–H and O–H groups in total. The first-order valence-electron chi connectivity index (χ1n) is 21.5. The third kappa shape index (κ3) is 17.1. The molecule has 6 rings (SSSR count). The van der Waals surface area contributed by atoms with Crippen molar-refractivity contribution in [3.05, 3.63) is 179 Å². The van der Waals surface area contributed by atoms with E-state index >= 15 is 0 Å². The number of aliphatic hydroxyl groups excluding tert-OH is 1. The molecule has 0 spiro atoms. The number of amides is 4. The van der Waals surface area contributed by atoms with Gasteiger partial charge in [0.15, 0.2) is 13.2 Å². The molecule has 354 valence electrons. The first-order valence-corrected chi connectivity index (χ1v) is 21.5. The number of benzene rings is 6. The van der Waals surface area contributed by atoms with Crippen molar-refractivity contribution in [2.75, 3.05) is 73.3 Å². The van der Waals surface area contributed by atoms with Crippen LogP contribution < -0.4 is 26.6 Å². The van der Waals surface area contributed by atoms with E-state index in [9.17, 15) is 29.4 Å². The quantitative estimate of drug-likeness (QED) is 0.0193. The number of anilines is 6. The van der Waals surface area contributed by atoms with Crippen LogP contribution in [0.3, 0.4) is 0 Å². The highest BCUT2D eigenvalue weighted by atomic mass is 16.6. The number of carbonyl (C=O) groups is 4. The van der Waals surface area contributed by atoms with Gasteiger partial charge in [0, 0.05) is 41.2 Å². The molecular weight excluding hydrogens is 875 g/mol. The van der Waals surface area contributed by atoms with Gasteiger partial charge in [0.1, 0.15) is 13.2 Å². The van der Waals surface area contributed by atoms with Gasteiger partial charge in [-0.05, 0) is 125 Å². The summed E-state index contributed by atoms with van der Waals surface area (Å²) in [5.74, 6) is -2.65. The number of ether oxygens (including phenoxy) is 5. The molecule has 0 saturated heterocycles. The van der Waals surface area contributed by atoms with E-state index < -0.39 is 43.4 Å². The van der Waals surface area contributed by atoms with Crippen molar-refractivity contribution in [3.63, 3.8) is 0 Å². The Balaban J connectivity index is 0.855. The number of carbonyl (C=O) groups excluding carboxylic acids is 4. The zero-order valence-electron chi connectivity index (χ0n) is 37.2. The first kappa shape index (κ1) is 49.5. The van der Waals surface area contributed by atoms with Gasteiger partial charge in [-0.3, -0.25) is 21.3 Å². The van der Waals surface area contributed by atoms with Gasteiger partial charge in [0.25, 0.3) is 0 Å². The number of nitrogens with one attached hydrogen (secondary N) is 5. The fourth-order valence-electron chi connectivity index (χ4n) is 6.49. The average Bonchev–Trinajstić information content (AvgIpc) is 3.33. The highest BCUT2D eigenvalue weighted by Crippen LogP contribution is 2.22. The van der Waals surface area contributed by atoms with Gasteiger partial charge in [0.2, 0.25) is 5.79 Å². The average molecular weight is 928 g/mol. The Labute approximate surface area is 393 Å². The van der Waals surface area contributed by atoms with E-state index in [-0.39, 0.29) is 19.8 Å². The van der Waals surface area contributed by atoms with Gasteiger partial charge in [-0.25, -0.2) is 19.2 Å². The maximum atomic E-state index is 12.4. The summed E-state index contributed by atoms with van der Waals surface area (Å²) in [7, 11) is 1.54. The van der Waals surface area contributed by atoms with E-state index in [1.165, 1.54) is 0 Å². The van der Waals surface area contributed by atoms with E-state index in [0.29, 0.717) is 42.2 Å². The summed E-state index contributed by atoms with van der Waals surface area (Å²) in [6.07, 6.45) is -1.11. The van der Waals surface area contributed by atoms with E-state index in [0.717, 1.165) is 51.2 Å². The zero-order chi connectivity index (χ0) is 48.1. The minimum absolute atomic E-state index is 0.0949. The normalized spacial score (nSPS) is 10.9. The molecule has 0 aromatic heterocycles. The van der Waals surface area contributed by atoms with Gasteiger partial charge in [-0.2, -0.15) is 0 Å². The third-order valence-electron chi connectivity index (χ3n) is 9.94. The van der Waals surface area contributed by atoms with Crippen molar-refractivity contribution in [2.24, 2.45) is 0 Å². The van der Waals surface area contributed by atoms with Crippen LogP contribution in [0.2, 0.25) is 0 Å². The lowest BCUT2D eigenvalue weighted by Crippen LogP contribution is -2.41. The summed E-state index contributed by atoms with van der Waals surface area (Å²) < 4.78 is 24.6. The molecular formula is C51H53N5O12. The second kappa shape index (κ2) is 25.1. The molecule has 17 nitrogen and oxygen atoms in total. The second-order valence-electron chi connectivity index (χ2n) is 15.5. The lowest BCUT2D eigenvalue weighted by atomic mass is 10.0. The number of rotatable bonds is 21. The Bertz CT molecular complexity index is 2540. The van der Waals surface area contributed by atoms with Crippen LogP contribution in [0.25, 0.3) is 0 Å². The van der Waals surface area contributed by atoms with Crippen molar-refractivity contribution < 1.29 is 58.2 Å². The summed E-state index contributed by atoms with van der Waals surface area (Å²) >= 11 is 0. The van der Waals surface area contributed by atoms with Crippen LogP contribution in [-0.4, -0.2) is 92.2 Å². The van der Waals surface area contributed by atoms with Crippen LogP contribution in [-0.2, 0) is 42.9 Å². The van der Waals surface area contributed by atoms with Crippen LogP contribution in [0.4, 0.5) is 53.3 Å². The number of hydrogen-bond donors (Lipinski definition) is 8. The molecule has 0 bridgehead atoms. The lowest BCUT2D eigenvalue weighted by molar-refractivity contribution is -0.206. The molecule has 0 atom stereocenters. The van der Waals surface area contributed by atoms with Crippen molar-refractivity contribution in [1.82, 2.24) is 0 Å². The van der Waals surface area contributed by atoms with E-state index in [2.05, 4.69) is 38.7 Å². The van der Waals surface area contributed by atoms with Crippen LogP contribution in [0.15, 0.2) is 146 Å². The molecule has 0 heterocycles. The van der Waals surface area contributed by atoms with Gasteiger partial charge in [-0.15, -0.1) is 0 Å². The minimum Gasteiger partial charge on any atom is -0.447 e. The largest absolute Gasteiger partial charge is 0.447 e. The maximum absolute atomic E-state index is 12.4. The Morgan fingerprint density at radius 3 is 0.941 bits per heavy atom. The minimum atomic E-state index is -2.65. The van der Waals surface area contributed by atoms with Crippen molar-refractivity contribution in [2.45, 2.75) is 25.0 Å². The Kier molecular flexibility index (Phi) is 18.3.